The second-order valence-corrected chi connectivity index (χ2v) is 7.29. The van der Waals surface area contributed by atoms with Gasteiger partial charge in [-0.3, -0.25) is 4.79 Å². The van der Waals surface area contributed by atoms with E-state index in [0.717, 1.165) is 31.5 Å². The van der Waals surface area contributed by atoms with Gasteiger partial charge in [-0.2, -0.15) is 0 Å². The third kappa shape index (κ3) is 4.31. The van der Waals surface area contributed by atoms with Crippen molar-refractivity contribution in [3.63, 3.8) is 0 Å². The first-order valence-corrected chi connectivity index (χ1v) is 9.11. The van der Waals surface area contributed by atoms with Crippen LogP contribution in [0.1, 0.15) is 24.8 Å². The Labute approximate surface area is 149 Å². The molecule has 1 heterocycles. The Kier molecular flexibility index (Phi) is 5.58. The zero-order valence-electron chi connectivity index (χ0n) is 14.9. The van der Waals surface area contributed by atoms with Crippen LogP contribution < -0.4 is 11.1 Å². The molecule has 2 aliphatic rings. The average molecular weight is 344 g/mol. The van der Waals surface area contributed by atoms with Crippen LogP contribution in [0.2, 0.25) is 0 Å². The standard InChI is InChI=1S/C19H28N4O2/c1-22(11-14-5-3-2-4-6-14)19(25)21-10-9-18(24)23-12-15-7-8-17(20)16(15)13-23/h2-6,15-17H,7-13,20H2,1H3,(H,21,25). The molecule has 1 saturated heterocycles. The third-order valence-electron chi connectivity index (χ3n) is 5.49. The van der Waals surface area contributed by atoms with Gasteiger partial charge >= 0.3 is 6.03 Å². The fraction of sp³-hybridized carbons (Fsp3) is 0.579. The van der Waals surface area contributed by atoms with E-state index in [0.29, 0.717) is 31.3 Å². The second kappa shape index (κ2) is 7.87. The summed E-state index contributed by atoms with van der Waals surface area (Å²) >= 11 is 0. The third-order valence-corrected chi connectivity index (χ3v) is 5.49. The van der Waals surface area contributed by atoms with Gasteiger partial charge in [-0.05, 0) is 30.2 Å². The van der Waals surface area contributed by atoms with Gasteiger partial charge < -0.3 is 20.9 Å². The normalized spacial score (nSPS) is 24.9. The molecular formula is C19H28N4O2. The van der Waals surface area contributed by atoms with Crippen molar-refractivity contribution in [2.75, 3.05) is 26.7 Å². The number of carbonyl (C=O) groups is 2. The van der Waals surface area contributed by atoms with Crippen molar-refractivity contribution in [3.8, 4) is 0 Å². The number of nitrogens with two attached hydrogens (primary N) is 1. The summed E-state index contributed by atoms with van der Waals surface area (Å²) in [6.45, 7) is 2.54. The van der Waals surface area contributed by atoms with Crippen molar-refractivity contribution in [1.82, 2.24) is 15.1 Å². The number of nitrogens with zero attached hydrogens (tertiary/aromatic N) is 2. The van der Waals surface area contributed by atoms with Crippen LogP contribution in [0.25, 0.3) is 0 Å². The first-order valence-electron chi connectivity index (χ1n) is 9.11. The van der Waals surface area contributed by atoms with Crippen molar-refractivity contribution >= 4 is 11.9 Å². The van der Waals surface area contributed by atoms with E-state index >= 15 is 0 Å². The van der Waals surface area contributed by atoms with Crippen LogP contribution >= 0.6 is 0 Å². The highest BCUT2D eigenvalue weighted by Crippen LogP contribution is 2.37. The van der Waals surface area contributed by atoms with Crippen molar-refractivity contribution in [3.05, 3.63) is 35.9 Å². The molecule has 0 aromatic heterocycles. The maximum absolute atomic E-state index is 12.3. The Morgan fingerprint density at radius 3 is 2.72 bits per heavy atom. The highest BCUT2D eigenvalue weighted by Gasteiger charge is 2.42. The minimum atomic E-state index is -0.156. The number of nitrogens with one attached hydrogen (secondary N) is 1. The maximum atomic E-state index is 12.3. The monoisotopic (exact) mass is 344 g/mol. The van der Waals surface area contributed by atoms with E-state index in [1.165, 1.54) is 0 Å². The maximum Gasteiger partial charge on any atom is 0.317 e. The van der Waals surface area contributed by atoms with E-state index < -0.39 is 0 Å². The van der Waals surface area contributed by atoms with Gasteiger partial charge in [0.2, 0.25) is 5.91 Å². The highest BCUT2D eigenvalue weighted by atomic mass is 16.2. The number of carbonyl (C=O) groups excluding carboxylic acids is 2. The Bertz CT molecular complexity index is 607. The molecule has 0 radical (unpaired) electrons. The summed E-state index contributed by atoms with van der Waals surface area (Å²) in [5.74, 6) is 1.16. The number of hydrogen-bond acceptors (Lipinski definition) is 3. The lowest BCUT2D eigenvalue weighted by Gasteiger charge is -2.20. The summed E-state index contributed by atoms with van der Waals surface area (Å²) < 4.78 is 0. The summed E-state index contributed by atoms with van der Waals surface area (Å²) in [6.07, 6.45) is 2.57. The lowest BCUT2D eigenvalue weighted by molar-refractivity contribution is -0.130. The number of fused-ring (bicyclic) bond motifs is 1. The molecule has 1 saturated carbocycles. The largest absolute Gasteiger partial charge is 0.342 e. The summed E-state index contributed by atoms with van der Waals surface area (Å²) in [5, 5.41) is 2.83. The molecule has 0 bridgehead atoms. The lowest BCUT2D eigenvalue weighted by Crippen LogP contribution is -2.39. The van der Waals surface area contributed by atoms with Gasteiger partial charge in [0.1, 0.15) is 0 Å². The summed E-state index contributed by atoms with van der Waals surface area (Å²) in [5.41, 5.74) is 7.20. The van der Waals surface area contributed by atoms with E-state index in [-0.39, 0.29) is 18.0 Å². The number of amides is 3. The minimum absolute atomic E-state index is 0.118. The minimum Gasteiger partial charge on any atom is -0.342 e. The summed E-state index contributed by atoms with van der Waals surface area (Å²) in [6, 6.07) is 9.93. The average Bonchev–Trinajstić information content (AvgIpc) is 3.18. The van der Waals surface area contributed by atoms with Crippen LogP contribution in [0.15, 0.2) is 30.3 Å². The fourth-order valence-electron chi connectivity index (χ4n) is 4.01. The lowest BCUT2D eigenvalue weighted by atomic mass is 9.98. The molecule has 2 fully saturated rings. The summed E-state index contributed by atoms with van der Waals surface area (Å²) in [4.78, 5) is 28.0. The van der Waals surface area contributed by atoms with E-state index in [1.807, 2.05) is 35.2 Å². The molecule has 0 spiro atoms. The van der Waals surface area contributed by atoms with Crippen LogP contribution in [-0.2, 0) is 11.3 Å². The molecule has 136 valence electrons. The van der Waals surface area contributed by atoms with Crippen molar-refractivity contribution in [2.45, 2.75) is 31.8 Å². The number of urea groups is 1. The molecule has 3 rings (SSSR count). The molecule has 3 unspecified atom stereocenters. The molecule has 25 heavy (non-hydrogen) atoms. The topological polar surface area (TPSA) is 78.7 Å². The van der Waals surface area contributed by atoms with Gasteiger partial charge in [0.05, 0.1) is 0 Å². The molecular weight excluding hydrogens is 316 g/mol. The number of rotatable bonds is 5. The van der Waals surface area contributed by atoms with Crippen LogP contribution in [0.3, 0.4) is 0 Å². The molecule has 3 atom stereocenters. The van der Waals surface area contributed by atoms with Crippen molar-refractivity contribution in [2.24, 2.45) is 17.6 Å². The smallest absolute Gasteiger partial charge is 0.317 e. The van der Waals surface area contributed by atoms with Gasteiger partial charge in [0.25, 0.3) is 0 Å². The van der Waals surface area contributed by atoms with Crippen LogP contribution in [0, 0.1) is 11.8 Å². The number of benzene rings is 1. The number of hydrogen-bond donors (Lipinski definition) is 2. The summed E-state index contributed by atoms with van der Waals surface area (Å²) in [7, 11) is 1.76. The molecule has 1 aromatic carbocycles. The molecule has 6 heteroatoms. The quantitative estimate of drug-likeness (QED) is 0.848. The Balaban J connectivity index is 1.37. The predicted octanol–water partition coefficient (Wildman–Crippen LogP) is 1.41. The molecule has 1 aromatic rings. The zero-order chi connectivity index (χ0) is 17.8. The van der Waals surface area contributed by atoms with Crippen LogP contribution in [0.4, 0.5) is 4.79 Å². The first kappa shape index (κ1) is 17.7. The van der Waals surface area contributed by atoms with Crippen LogP contribution in [0.5, 0.6) is 0 Å². The van der Waals surface area contributed by atoms with Gasteiger partial charge in [0.15, 0.2) is 0 Å². The second-order valence-electron chi connectivity index (χ2n) is 7.29. The van der Waals surface area contributed by atoms with Gasteiger partial charge in [-0.1, -0.05) is 30.3 Å². The molecule has 6 nitrogen and oxygen atoms in total. The Hall–Kier alpha value is -2.08. The Morgan fingerprint density at radius 2 is 2.00 bits per heavy atom. The van der Waals surface area contributed by atoms with Crippen molar-refractivity contribution in [1.29, 1.82) is 0 Å². The van der Waals surface area contributed by atoms with E-state index in [2.05, 4.69) is 5.32 Å². The fourth-order valence-corrected chi connectivity index (χ4v) is 4.01. The van der Waals surface area contributed by atoms with E-state index in [4.69, 9.17) is 5.73 Å². The number of likely N-dealkylation sites (tertiary alicyclic amines) is 1. The van der Waals surface area contributed by atoms with Crippen molar-refractivity contribution < 1.29 is 9.59 Å². The van der Waals surface area contributed by atoms with Gasteiger partial charge in [0, 0.05) is 45.7 Å². The molecule has 1 aliphatic heterocycles. The van der Waals surface area contributed by atoms with E-state index in [9.17, 15) is 9.59 Å². The van der Waals surface area contributed by atoms with Gasteiger partial charge in [-0.25, -0.2) is 4.79 Å². The highest BCUT2D eigenvalue weighted by molar-refractivity contribution is 5.78. The molecule has 3 amide bonds. The predicted molar refractivity (Wildman–Crippen MR) is 96.7 cm³/mol. The van der Waals surface area contributed by atoms with Crippen LogP contribution in [-0.4, -0.2) is 54.5 Å². The SMILES string of the molecule is CN(Cc1ccccc1)C(=O)NCCC(=O)N1CC2CCC(N)C2C1. The van der Waals surface area contributed by atoms with E-state index in [1.54, 1.807) is 11.9 Å². The van der Waals surface area contributed by atoms with Gasteiger partial charge in [-0.15, -0.1) is 0 Å². The Morgan fingerprint density at radius 1 is 1.24 bits per heavy atom. The molecule has 3 N–H and O–H groups in total. The zero-order valence-corrected chi connectivity index (χ0v) is 14.9. The molecule has 1 aliphatic carbocycles. The first-order chi connectivity index (χ1) is 12.0.